The van der Waals surface area contributed by atoms with Crippen LogP contribution in [0.25, 0.3) is 0 Å². The second-order valence-corrected chi connectivity index (χ2v) is 14.5. The summed E-state index contributed by atoms with van der Waals surface area (Å²) in [7, 11) is -1.98. The quantitative estimate of drug-likeness (QED) is 0.509. The molecule has 2 amide bonds. The highest BCUT2D eigenvalue weighted by molar-refractivity contribution is 7.94. The minimum atomic E-state index is -3.61. The van der Waals surface area contributed by atoms with Crippen LogP contribution >= 0.6 is 0 Å². The molecule has 1 saturated heterocycles. The number of amides is 2. The fourth-order valence-electron chi connectivity index (χ4n) is 6.13. The molecule has 1 aromatic carbocycles. The Kier molecular flexibility index (Phi) is 6.14. The molecular formula is C28H33N5O6S. The largest absolute Gasteiger partial charge is 0.348 e. The molecule has 1 atom stereocenters. The molecule has 212 valence electrons. The van der Waals surface area contributed by atoms with Crippen LogP contribution in [0.3, 0.4) is 0 Å². The number of ether oxygens (including phenoxy) is 2. The van der Waals surface area contributed by atoms with Crippen LogP contribution in [0.1, 0.15) is 77.2 Å². The van der Waals surface area contributed by atoms with Crippen LogP contribution in [0.5, 0.6) is 0 Å². The second-order valence-electron chi connectivity index (χ2n) is 11.8. The highest BCUT2D eigenvalue weighted by atomic mass is 32.2. The van der Waals surface area contributed by atoms with Crippen LogP contribution in [0.15, 0.2) is 24.3 Å². The topological polar surface area (TPSA) is 144 Å². The Morgan fingerprint density at radius 3 is 2.48 bits per heavy atom. The maximum absolute atomic E-state index is 14.0. The van der Waals surface area contributed by atoms with Gasteiger partial charge in [-0.15, -0.1) is 0 Å². The first kappa shape index (κ1) is 26.9. The fourth-order valence-corrected chi connectivity index (χ4v) is 9.06. The summed E-state index contributed by atoms with van der Waals surface area (Å²) in [6, 6.07) is 8.98. The third-order valence-electron chi connectivity index (χ3n) is 8.75. The van der Waals surface area contributed by atoms with Gasteiger partial charge in [0.25, 0.3) is 11.8 Å². The van der Waals surface area contributed by atoms with Crippen LogP contribution in [0, 0.1) is 11.3 Å². The summed E-state index contributed by atoms with van der Waals surface area (Å²) < 4.78 is 39.3. The number of aromatic nitrogens is 2. The minimum Gasteiger partial charge on any atom is -0.348 e. The Balaban J connectivity index is 1.16. The van der Waals surface area contributed by atoms with Crippen molar-refractivity contribution in [3.63, 3.8) is 0 Å². The molecular weight excluding hydrogens is 534 g/mol. The first-order chi connectivity index (χ1) is 18.9. The fraction of sp³-hybridized carbons (Fsp3) is 0.571. The van der Waals surface area contributed by atoms with Crippen molar-refractivity contribution >= 4 is 21.7 Å². The molecule has 1 unspecified atom stereocenters. The molecule has 6 rings (SSSR count). The third kappa shape index (κ3) is 4.22. The lowest BCUT2D eigenvalue weighted by Crippen LogP contribution is -2.51. The van der Waals surface area contributed by atoms with E-state index < -0.39 is 31.2 Å². The number of benzene rings is 1. The van der Waals surface area contributed by atoms with E-state index in [0.717, 1.165) is 5.56 Å². The summed E-state index contributed by atoms with van der Waals surface area (Å²) in [5.41, 5.74) is 2.46. The molecule has 2 aliphatic heterocycles. The molecule has 11 nitrogen and oxygen atoms in total. The predicted octanol–water partition coefficient (Wildman–Crippen LogP) is 1.85. The Bertz CT molecular complexity index is 1530. The first-order valence-electron chi connectivity index (χ1n) is 13.6. The maximum Gasteiger partial charge on any atom is 0.272 e. The molecule has 12 heteroatoms. The van der Waals surface area contributed by atoms with E-state index >= 15 is 0 Å². The molecule has 3 fully saturated rings. The smallest absolute Gasteiger partial charge is 0.272 e. The number of carbonyl (C=O) groups excluding carboxylic acids is 2. The maximum atomic E-state index is 14.0. The highest BCUT2D eigenvalue weighted by Gasteiger charge is 2.72. The number of nitrogens with one attached hydrogen (secondary N) is 1. The van der Waals surface area contributed by atoms with E-state index in [1.165, 1.54) is 4.68 Å². The number of aryl methyl sites for hydroxylation is 1. The number of sulfone groups is 1. The number of nitriles is 1. The van der Waals surface area contributed by atoms with Crippen LogP contribution in [0.4, 0.5) is 0 Å². The average molecular weight is 568 g/mol. The summed E-state index contributed by atoms with van der Waals surface area (Å²) in [6.07, 6.45) is 2.02. The van der Waals surface area contributed by atoms with Crippen LogP contribution in [-0.4, -0.2) is 76.0 Å². The predicted molar refractivity (Wildman–Crippen MR) is 143 cm³/mol. The van der Waals surface area contributed by atoms with Gasteiger partial charge in [-0.2, -0.15) is 10.4 Å². The third-order valence-corrected chi connectivity index (χ3v) is 12.2. The molecule has 4 aliphatic rings. The molecule has 40 heavy (non-hydrogen) atoms. The lowest BCUT2D eigenvalue weighted by molar-refractivity contribution is -0.139. The van der Waals surface area contributed by atoms with Crippen LogP contribution in [-0.2, 0) is 39.3 Å². The normalized spacial score (nSPS) is 23.8. The first-order valence-corrected chi connectivity index (χ1v) is 15.1. The standard InChI is InChI=1S/C28H33N5O6S/c1-26(2)38-16-21(39-26)28(11-12-28)40(36,37)27(9-10-27)17-33-13-8-20-22(31-32(3)23(20)25(33)35)24(34)30-15-19-6-4-18(14-29)5-7-19/h4-7,21H,8-13,15-17H2,1-3H3,(H,30,34). The lowest BCUT2D eigenvalue weighted by atomic mass is 10.0. The number of rotatable bonds is 8. The summed E-state index contributed by atoms with van der Waals surface area (Å²) >= 11 is 0. The SMILES string of the molecule is Cn1nc(C(=O)NCc2ccc(C#N)cc2)c2c1C(=O)N(CC1(S(=O)(=O)C3(C4COC(C)(C)O4)CC3)CC1)CC2. The Labute approximate surface area is 233 Å². The summed E-state index contributed by atoms with van der Waals surface area (Å²) in [5, 5.41) is 16.2. The molecule has 0 spiro atoms. The zero-order valence-corrected chi connectivity index (χ0v) is 23.7. The molecule has 1 N–H and O–H groups in total. The molecule has 2 aliphatic carbocycles. The molecule has 0 radical (unpaired) electrons. The van der Waals surface area contributed by atoms with E-state index in [1.807, 2.05) is 0 Å². The van der Waals surface area contributed by atoms with Gasteiger partial charge in [0.15, 0.2) is 21.3 Å². The minimum absolute atomic E-state index is 0.123. The summed E-state index contributed by atoms with van der Waals surface area (Å²) in [5.74, 6) is -1.51. The molecule has 2 aromatic rings. The monoisotopic (exact) mass is 567 g/mol. The molecule has 2 saturated carbocycles. The Morgan fingerprint density at radius 2 is 1.90 bits per heavy atom. The second kappa shape index (κ2) is 9.12. The van der Waals surface area contributed by atoms with Gasteiger partial charge in [0.2, 0.25) is 0 Å². The van der Waals surface area contributed by atoms with Crippen molar-refractivity contribution in [3.05, 3.63) is 52.3 Å². The van der Waals surface area contributed by atoms with Crippen LogP contribution in [0.2, 0.25) is 0 Å². The van der Waals surface area contributed by atoms with Gasteiger partial charge in [0.1, 0.15) is 16.5 Å². The van der Waals surface area contributed by atoms with Gasteiger partial charge >= 0.3 is 0 Å². The van der Waals surface area contributed by atoms with Gasteiger partial charge in [0, 0.05) is 32.2 Å². The van der Waals surface area contributed by atoms with Gasteiger partial charge in [-0.3, -0.25) is 14.3 Å². The zero-order chi connectivity index (χ0) is 28.5. The Morgan fingerprint density at radius 1 is 1.20 bits per heavy atom. The van der Waals surface area contributed by atoms with Gasteiger partial charge in [-0.25, -0.2) is 8.42 Å². The van der Waals surface area contributed by atoms with Crippen molar-refractivity contribution in [2.75, 3.05) is 19.7 Å². The van der Waals surface area contributed by atoms with E-state index in [1.54, 1.807) is 50.1 Å². The number of hydrogen-bond acceptors (Lipinski definition) is 8. The van der Waals surface area contributed by atoms with E-state index in [-0.39, 0.29) is 37.2 Å². The van der Waals surface area contributed by atoms with Crippen LogP contribution < -0.4 is 5.32 Å². The van der Waals surface area contributed by atoms with Crippen molar-refractivity contribution < 1.29 is 27.5 Å². The van der Waals surface area contributed by atoms with Gasteiger partial charge < -0.3 is 19.7 Å². The van der Waals surface area contributed by atoms with E-state index in [0.29, 0.717) is 55.5 Å². The van der Waals surface area contributed by atoms with Gasteiger partial charge in [-0.1, -0.05) is 12.1 Å². The summed E-state index contributed by atoms with van der Waals surface area (Å²) in [6.45, 7) is 4.53. The van der Waals surface area contributed by atoms with E-state index in [9.17, 15) is 18.0 Å². The number of fused-ring (bicyclic) bond motifs is 1. The number of nitrogens with zero attached hydrogens (tertiary/aromatic N) is 4. The molecule has 3 heterocycles. The summed E-state index contributed by atoms with van der Waals surface area (Å²) in [4.78, 5) is 28.2. The zero-order valence-electron chi connectivity index (χ0n) is 22.9. The van der Waals surface area contributed by atoms with E-state index in [2.05, 4.69) is 16.5 Å². The van der Waals surface area contributed by atoms with Gasteiger partial charge in [0.05, 0.1) is 23.0 Å². The Hall–Kier alpha value is -3.27. The number of hydrogen-bond donors (Lipinski definition) is 1. The van der Waals surface area contributed by atoms with Gasteiger partial charge in [-0.05, 0) is 63.6 Å². The van der Waals surface area contributed by atoms with Crippen molar-refractivity contribution in [2.24, 2.45) is 7.05 Å². The molecule has 1 aromatic heterocycles. The van der Waals surface area contributed by atoms with E-state index in [4.69, 9.17) is 14.7 Å². The van der Waals surface area contributed by atoms with Crippen molar-refractivity contribution in [1.82, 2.24) is 20.0 Å². The lowest BCUT2D eigenvalue weighted by Gasteiger charge is -2.34. The highest BCUT2D eigenvalue weighted by Crippen LogP contribution is 2.60. The average Bonchev–Trinajstić information content (AvgIpc) is 3.84. The van der Waals surface area contributed by atoms with Crippen molar-refractivity contribution in [1.29, 1.82) is 5.26 Å². The molecule has 0 bridgehead atoms. The van der Waals surface area contributed by atoms with Crippen molar-refractivity contribution in [2.45, 2.75) is 73.9 Å². The number of carbonyl (C=O) groups is 2. The van der Waals surface area contributed by atoms with Crippen molar-refractivity contribution in [3.8, 4) is 6.07 Å².